The summed E-state index contributed by atoms with van der Waals surface area (Å²) in [5, 5.41) is 19.2. The van der Waals surface area contributed by atoms with Gasteiger partial charge in [0.05, 0.1) is 17.1 Å². The Kier molecular flexibility index (Phi) is 4.40. The van der Waals surface area contributed by atoms with Crippen LogP contribution in [0.5, 0.6) is 0 Å². The summed E-state index contributed by atoms with van der Waals surface area (Å²) in [7, 11) is 0. The van der Waals surface area contributed by atoms with Crippen LogP contribution in [0.3, 0.4) is 0 Å². The molecule has 0 radical (unpaired) electrons. The van der Waals surface area contributed by atoms with Crippen molar-refractivity contribution in [2.45, 2.75) is 19.9 Å². The molecule has 0 aliphatic heterocycles. The standard InChI is InChI=1S/C19H17N7O2/c1-12(2)26-19(28)16-9-4-3-8-15(16)17(22-26)18(27)21-13-6-5-7-14(10-13)25-11-20-23-24-25/h3-12H,1-2H3,(H,21,27). The minimum atomic E-state index is -0.403. The van der Waals surface area contributed by atoms with Crippen LogP contribution in [-0.4, -0.2) is 35.9 Å². The first kappa shape index (κ1) is 17.5. The van der Waals surface area contributed by atoms with Gasteiger partial charge in [-0.15, -0.1) is 5.10 Å². The lowest BCUT2D eigenvalue weighted by molar-refractivity contribution is 0.102. The molecule has 0 aliphatic rings. The zero-order valence-corrected chi connectivity index (χ0v) is 15.3. The van der Waals surface area contributed by atoms with Crippen molar-refractivity contribution < 1.29 is 4.79 Å². The zero-order valence-electron chi connectivity index (χ0n) is 15.3. The number of tetrazole rings is 1. The van der Waals surface area contributed by atoms with E-state index in [1.54, 1.807) is 42.5 Å². The summed E-state index contributed by atoms with van der Waals surface area (Å²) in [4.78, 5) is 25.6. The van der Waals surface area contributed by atoms with Gasteiger partial charge in [0.15, 0.2) is 5.69 Å². The number of carbonyl (C=O) groups is 1. The first-order chi connectivity index (χ1) is 13.5. The number of nitrogens with zero attached hydrogens (tertiary/aromatic N) is 6. The number of rotatable bonds is 4. The summed E-state index contributed by atoms with van der Waals surface area (Å²) >= 11 is 0. The number of fused-ring (bicyclic) bond motifs is 1. The second-order valence-electron chi connectivity index (χ2n) is 6.50. The third kappa shape index (κ3) is 3.13. The van der Waals surface area contributed by atoms with Crippen LogP contribution in [0.15, 0.2) is 59.7 Å². The number of aromatic nitrogens is 6. The predicted molar refractivity (Wildman–Crippen MR) is 103 cm³/mol. The Labute approximate surface area is 159 Å². The average Bonchev–Trinajstić information content (AvgIpc) is 3.23. The van der Waals surface area contributed by atoms with Gasteiger partial charge in [-0.1, -0.05) is 24.3 Å². The van der Waals surface area contributed by atoms with Gasteiger partial charge < -0.3 is 5.32 Å². The van der Waals surface area contributed by atoms with Crippen molar-refractivity contribution in [3.8, 4) is 5.69 Å². The first-order valence-corrected chi connectivity index (χ1v) is 8.71. The van der Waals surface area contributed by atoms with E-state index in [2.05, 4.69) is 25.9 Å². The maximum atomic E-state index is 13.0. The van der Waals surface area contributed by atoms with Crippen molar-refractivity contribution in [3.63, 3.8) is 0 Å². The molecule has 0 unspecified atom stereocenters. The molecule has 2 heterocycles. The van der Waals surface area contributed by atoms with Crippen molar-refractivity contribution >= 4 is 22.4 Å². The summed E-state index contributed by atoms with van der Waals surface area (Å²) in [5.41, 5.74) is 1.23. The van der Waals surface area contributed by atoms with E-state index >= 15 is 0 Å². The Morgan fingerprint density at radius 1 is 1.07 bits per heavy atom. The molecule has 0 atom stereocenters. The highest BCUT2D eigenvalue weighted by Gasteiger charge is 2.18. The molecule has 4 aromatic rings. The van der Waals surface area contributed by atoms with Gasteiger partial charge in [-0.25, -0.2) is 9.36 Å². The second kappa shape index (κ2) is 7.03. The minimum absolute atomic E-state index is 0.174. The van der Waals surface area contributed by atoms with E-state index in [9.17, 15) is 9.59 Å². The fourth-order valence-corrected chi connectivity index (χ4v) is 2.92. The van der Waals surface area contributed by atoms with E-state index < -0.39 is 5.91 Å². The van der Waals surface area contributed by atoms with E-state index in [1.165, 1.54) is 15.7 Å². The Morgan fingerprint density at radius 3 is 2.57 bits per heavy atom. The molecule has 2 aromatic heterocycles. The Morgan fingerprint density at radius 2 is 1.86 bits per heavy atom. The van der Waals surface area contributed by atoms with Crippen LogP contribution in [0.4, 0.5) is 5.69 Å². The zero-order chi connectivity index (χ0) is 19.7. The van der Waals surface area contributed by atoms with Crippen molar-refractivity contribution in [1.29, 1.82) is 0 Å². The van der Waals surface area contributed by atoms with Gasteiger partial charge in [-0.05, 0) is 48.5 Å². The van der Waals surface area contributed by atoms with Gasteiger partial charge in [0.2, 0.25) is 0 Å². The number of benzene rings is 2. The van der Waals surface area contributed by atoms with Crippen LogP contribution >= 0.6 is 0 Å². The third-order valence-electron chi connectivity index (χ3n) is 4.25. The molecule has 9 nitrogen and oxygen atoms in total. The molecule has 0 bridgehead atoms. The molecule has 0 saturated heterocycles. The molecule has 1 N–H and O–H groups in total. The fourth-order valence-electron chi connectivity index (χ4n) is 2.92. The van der Waals surface area contributed by atoms with Gasteiger partial charge in [-0.2, -0.15) is 5.10 Å². The molecule has 0 spiro atoms. The van der Waals surface area contributed by atoms with Crippen LogP contribution in [0, 0.1) is 0 Å². The smallest absolute Gasteiger partial charge is 0.276 e. The largest absolute Gasteiger partial charge is 0.321 e. The topological polar surface area (TPSA) is 108 Å². The van der Waals surface area contributed by atoms with Gasteiger partial charge >= 0.3 is 0 Å². The van der Waals surface area contributed by atoms with Crippen LogP contribution in [-0.2, 0) is 0 Å². The van der Waals surface area contributed by atoms with Crippen LogP contribution < -0.4 is 10.9 Å². The van der Waals surface area contributed by atoms with Gasteiger partial charge in [0, 0.05) is 11.1 Å². The molecule has 28 heavy (non-hydrogen) atoms. The Hall–Kier alpha value is -3.88. The molecule has 9 heteroatoms. The Bertz CT molecular complexity index is 1210. The summed E-state index contributed by atoms with van der Waals surface area (Å²) in [6, 6.07) is 13.9. The lowest BCUT2D eigenvalue weighted by Gasteiger charge is -2.13. The second-order valence-corrected chi connectivity index (χ2v) is 6.50. The van der Waals surface area contributed by atoms with Crippen LogP contribution in [0.2, 0.25) is 0 Å². The lowest BCUT2D eigenvalue weighted by Crippen LogP contribution is -2.28. The number of hydrogen-bond donors (Lipinski definition) is 1. The fraction of sp³-hybridized carbons (Fsp3) is 0.158. The highest BCUT2D eigenvalue weighted by Crippen LogP contribution is 2.18. The first-order valence-electron chi connectivity index (χ1n) is 8.71. The molecule has 0 aliphatic carbocycles. The molecule has 4 rings (SSSR count). The summed E-state index contributed by atoms with van der Waals surface area (Å²) in [6.45, 7) is 3.70. The summed E-state index contributed by atoms with van der Waals surface area (Å²) in [5.74, 6) is -0.403. The number of anilines is 1. The maximum Gasteiger partial charge on any atom is 0.276 e. The minimum Gasteiger partial charge on any atom is -0.321 e. The number of amides is 1. The molecule has 140 valence electrons. The van der Waals surface area contributed by atoms with E-state index in [1.807, 2.05) is 19.9 Å². The monoisotopic (exact) mass is 375 g/mol. The molecular formula is C19H17N7O2. The quantitative estimate of drug-likeness (QED) is 0.586. The van der Waals surface area contributed by atoms with Crippen molar-refractivity contribution in [2.24, 2.45) is 0 Å². The van der Waals surface area contributed by atoms with Crippen molar-refractivity contribution in [2.75, 3.05) is 5.32 Å². The number of nitrogens with one attached hydrogen (secondary N) is 1. The van der Waals surface area contributed by atoms with Gasteiger partial charge in [0.1, 0.15) is 6.33 Å². The van der Waals surface area contributed by atoms with Gasteiger partial charge in [0.25, 0.3) is 11.5 Å². The van der Waals surface area contributed by atoms with E-state index in [4.69, 9.17) is 0 Å². The van der Waals surface area contributed by atoms with Crippen LogP contribution in [0.1, 0.15) is 30.4 Å². The third-order valence-corrected chi connectivity index (χ3v) is 4.25. The molecule has 0 fully saturated rings. The molecular weight excluding hydrogens is 358 g/mol. The van der Waals surface area contributed by atoms with Gasteiger partial charge in [-0.3, -0.25) is 9.59 Å². The highest BCUT2D eigenvalue weighted by atomic mass is 16.2. The van der Waals surface area contributed by atoms with E-state index in [0.29, 0.717) is 22.1 Å². The maximum absolute atomic E-state index is 13.0. The molecule has 2 aromatic carbocycles. The van der Waals surface area contributed by atoms with Crippen molar-refractivity contribution in [1.82, 2.24) is 30.0 Å². The average molecular weight is 375 g/mol. The van der Waals surface area contributed by atoms with E-state index in [0.717, 1.165) is 0 Å². The SMILES string of the molecule is CC(C)n1nc(C(=O)Nc2cccc(-n3cnnn3)c2)c2ccccc2c1=O. The summed E-state index contributed by atoms with van der Waals surface area (Å²) in [6.07, 6.45) is 1.47. The summed E-state index contributed by atoms with van der Waals surface area (Å²) < 4.78 is 2.82. The lowest BCUT2D eigenvalue weighted by atomic mass is 10.1. The number of carbonyl (C=O) groups excluding carboxylic acids is 1. The van der Waals surface area contributed by atoms with E-state index in [-0.39, 0.29) is 17.3 Å². The molecule has 0 saturated carbocycles. The van der Waals surface area contributed by atoms with Crippen molar-refractivity contribution in [3.05, 3.63) is 70.9 Å². The van der Waals surface area contributed by atoms with Crippen LogP contribution in [0.25, 0.3) is 16.5 Å². The molecule has 1 amide bonds. The predicted octanol–water partition coefficient (Wildman–Crippen LogP) is 2.21. The Balaban J connectivity index is 1.75. The number of hydrogen-bond acceptors (Lipinski definition) is 6. The highest BCUT2D eigenvalue weighted by molar-refractivity contribution is 6.11. The normalized spacial score (nSPS) is 11.1.